The molecule has 242 valence electrons. The van der Waals surface area contributed by atoms with Gasteiger partial charge in [0.2, 0.25) is 0 Å². The third-order valence-electron chi connectivity index (χ3n) is 9.54. The molecule has 0 bridgehead atoms. The summed E-state index contributed by atoms with van der Waals surface area (Å²) in [7, 11) is 8.66. The van der Waals surface area contributed by atoms with Crippen LogP contribution in [0.25, 0.3) is 0 Å². The number of hydrogen-bond donors (Lipinski definition) is 1. The summed E-state index contributed by atoms with van der Waals surface area (Å²) < 4.78 is 2.91. The molecule has 0 radical (unpaired) electrons. The van der Waals surface area contributed by atoms with Gasteiger partial charge in [-0.1, -0.05) is 49.9 Å². The minimum atomic E-state index is -0.824. The molecule has 7 nitrogen and oxygen atoms in total. The number of pyridine rings is 1. The maximum absolute atomic E-state index is 11.3. The van der Waals surface area contributed by atoms with Gasteiger partial charge in [0, 0.05) is 45.2 Å². The Bertz CT molecular complexity index is 1900. The Labute approximate surface area is 283 Å². The molecule has 0 amide bonds. The fourth-order valence-corrected chi connectivity index (χ4v) is 7.81. The van der Waals surface area contributed by atoms with Crippen LogP contribution in [-0.2, 0) is 23.7 Å². The van der Waals surface area contributed by atoms with Crippen LogP contribution in [0.2, 0.25) is 0 Å². The summed E-state index contributed by atoms with van der Waals surface area (Å²) in [5.41, 5.74) is 7.44. The van der Waals surface area contributed by atoms with Gasteiger partial charge in [0.15, 0.2) is 5.71 Å². The van der Waals surface area contributed by atoms with Crippen LogP contribution in [0.3, 0.4) is 0 Å². The van der Waals surface area contributed by atoms with Crippen molar-refractivity contribution < 1.29 is 19.0 Å². The van der Waals surface area contributed by atoms with Crippen molar-refractivity contribution in [2.24, 2.45) is 22.4 Å². The molecule has 0 aliphatic carbocycles. The molecule has 0 fully saturated rings. The zero-order valence-corrected chi connectivity index (χ0v) is 29.5. The number of aromatic nitrogens is 1. The van der Waals surface area contributed by atoms with Crippen LogP contribution in [0.15, 0.2) is 127 Å². The number of amidine groups is 1. The molecule has 6 rings (SSSR count). The Hall–Kier alpha value is -4.27. The second-order valence-corrected chi connectivity index (χ2v) is 15.7. The standard InChI is InChI=1S/C39H44N5O2S/c1-38(2)30-11-9-21-42(5)36(30)40-32(38)19-15-27-24-44(7,8)25-28(35(27)47-29-17-13-26(14-18-29)23-34(45)46)16-20-33-39(3,4)31-12-10-22-43(6)37(31)41-33/h9-22H,23-25H2,1-8H3/q+1/p+1. The highest BCUT2D eigenvalue weighted by Gasteiger charge is 2.42. The van der Waals surface area contributed by atoms with Crippen LogP contribution in [0.1, 0.15) is 38.8 Å². The Morgan fingerprint density at radius 3 is 2.47 bits per heavy atom. The summed E-state index contributed by atoms with van der Waals surface area (Å²) >= 11 is 1.75. The summed E-state index contributed by atoms with van der Waals surface area (Å²) in [5.74, 6) is 1.19. The average molecular weight is 648 g/mol. The first-order chi connectivity index (χ1) is 22.2. The van der Waals surface area contributed by atoms with E-state index in [4.69, 9.17) is 9.98 Å². The first-order valence-electron chi connectivity index (χ1n) is 16.1. The van der Waals surface area contributed by atoms with E-state index in [1.165, 1.54) is 27.2 Å². The molecule has 1 N–H and O–H groups in total. The van der Waals surface area contributed by atoms with Crippen LogP contribution in [0.5, 0.6) is 0 Å². The SMILES string of the molecule is CN1C=CC=C2C1=NC(=CC=C1C[N+](C)(C)CC(C=CC3=Nc4c(ccc[n+]4C)C3(C)C)=C1Sc1ccc(CC(=O)O)cc1)C2(C)C. The van der Waals surface area contributed by atoms with E-state index >= 15 is 0 Å². The molecule has 0 atom stereocenters. The summed E-state index contributed by atoms with van der Waals surface area (Å²) in [6.07, 6.45) is 17.3. The quantitative estimate of drug-likeness (QED) is 0.264. The third kappa shape index (κ3) is 6.36. The molecule has 8 heteroatoms. The van der Waals surface area contributed by atoms with Gasteiger partial charge in [-0.05, 0) is 73.0 Å². The molecule has 4 aliphatic heterocycles. The number of carbonyl (C=O) groups is 1. The van der Waals surface area contributed by atoms with Crippen LogP contribution in [0, 0.1) is 5.41 Å². The van der Waals surface area contributed by atoms with E-state index in [1.54, 1.807) is 11.8 Å². The Morgan fingerprint density at radius 2 is 1.79 bits per heavy atom. The third-order valence-corrected chi connectivity index (χ3v) is 10.8. The molecule has 47 heavy (non-hydrogen) atoms. The predicted octanol–water partition coefficient (Wildman–Crippen LogP) is 6.83. The van der Waals surface area contributed by atoms with Crippen molar-refractivity contribution in [1.29, 1.82) is 0 Å². The zero-order valence-electron chi connectivity index (χ0n) is 28.7. The lowest BCUT2D eigenvalue weighted by molar-refractivity contribution is -0.881. The number of nitrogens with zero attached hydrogens (tertiary/aromatic N) is 5. The minimum Gasteiger partial charge on any atom is -0.481 e. The van der Waals surface area contributed by atoms with Crippen molar-refractivity contribution in [3.63, 3.8) is 0 Å². The number of aliphatic imine (C=N–C) groups is 2. The molecule has 5 heterocycles. The normalized spacial score (nSPS) is 22.5. The molecule has 1 aromatic carbocycles. The van der Waals surface area contributed by atoms with Gasteiger partial charge in [-0.2, -0.15) is 0 Å². The number of carboxylic acid groups (broad SMARTS) is 1. The Balaban J connectivity index is 1.43. The number of benzene rings is 1. The van der Waals surface area contributed by atoms with Gasteiger partial charge in [-0.3, -0.25) is 4.79 Å². The lowest BCUT2D eigenvalue weighted by Crippen LogP contribution is -2.45. The number of likely N-dealkylation sites (N-methyl/N-ethyl adjacent to an activating group) is 2. The highest BCUT2D eigenvalue weighted by molar-refractivity contribution is 8.03. The molecular weight excluding hydrogens is 603 g/mol. The Morgan fingerprint density at radius 1 is 1.04 bits per heavy atom. The van der Waals surface area contributed by atoms with Crippen LogP contribution >= 0.6 is 11.8 Å². The summed E-state index contributed by atoms with van der Waals surface area (Å²) in [5, 5.41) is 9.28. The van der Waals surface area contributed by atoms with Crippen molar-refractivity contribution in [2.45, 2.75) is 44.4 Å². The van der Waals surface area contributed by atoms with Crippen molar-refractivity contribution in [1.82, 2.24) is 4.90 Å². The number of carboxylic acids is 1. The molecule has 0 saturated heterocycles. The molecular formula is C39H45N5O2S+2. The minimum absolute atomic E-state index is 0.0174. The Kier molecular flexibility index (Phi) is 8.39. The van der Waals surface area contributed by atoms with Gasteiger partial charge in [0.1, 0.15) is 18.9 Å². The van der Waals surface area contributed by atoms with Crippen LogP contribution in [0.4, 0.5) is 5.82 Å². The van der Waals surface area contributed by atoms with Crippen molar-refractivity contribution >= 4 is 35.1 Å². The van der Waals surface area contributed by atoms with E-state index in [-0.39, 0.29) is 17.3 Å². The van der Waals surface area contributed by atoms with Gasteiger partial charge < -0.3 is 14.5 Å². The number of thioether (sulfide) groups is 1. The molecule has 0 unspecified atom stereocenters. The fourth-order valence-electron chi connectivity index (χ4n) is 6.78. The van der Waals surface area contributed by atoms with Gasteiger partial charge >= 0.3 is 11.8 Å². The number of aliphatic carboxylic acids is 1. The molecule has 0 saturated carbocycles. The van der Waals surface area contributed by atoms with E-state index in [2.05, 4.69) is 99.8 Å². The summed E-state index contributed by atoms with van der Waals surface area (Å²) in [4.78, 5) is 25.9. The maximum Gasteiger partial charge on any atom is 0.327 e. The van der Waals surface area contributed by atoms with Gasteiger partial charge in [0.05, 0.1) is 50.4 Å². The van der Waals surface area contributed by atoms with Gasteiger partial charge in [-0.25, -0.2) is 9.56 Å². The number of aryl methyl sites for hydroxylation is 1. The van der Waals surface area contributed by atoms with E-state index in [1.807, 2.05) is 50.8 Å². The van der Waals surface area contributed by atoms with Gasteiger partial charge in [-0.15, -0.1) is 0 Å². The first-order valence-corrected chi connectivity index (χ1v) is 16.9. The highest BCUT2D eigenvalue weighted by Crippen LogP contribution is 2.45. The predicted molar refractivity (Wildman–Crippen MR) is 192 cm³/mol. The van der Waals surface area contributed by atoms with Crippen molar-refractivity contribution in [3.8, 4) is 0 Å². The summed E-state index contributed by atoms with van der Waals surface area (Å²) in [6, 6.07) is 12.2. The topological polar surface area (TPSA) is 69.1 Å². The number of rotatable bonds is 7. The average Bonchev–Trinajstić information content (AvgIpc) is 3.42. The van der Waals surface area contributed by atoms with E-state index < -0.39 is 5.97 Å². The lowest BCUT2D eigenvalue weighted by Gasteiger charge is -2.37. The lowest BCUT2D eigenvalue weighted by atomic mass is 9.81. The maximum atomic E-state index is 11.3. The zero-order chi connectivity index (χ0) is 33.7. The van der Waals surface area contributed by atoms with Crippen LogP contribution < -0.4 is 4.57 Å². The molecule has 0 spiro atoms. The largest absolute Gasteiger partial charge is 0.481 e. The van der Waals surface area contributed by atoms with E-state index in [0.29, 0.717) is 0 Å². The van der Waals surface area contributed by atoms with E-state index in [0.717, 1.165) is 51.1 Å². The van der Waals surface area contributed by atoms with Crippen molar-refractivity contribution in [3.05, 3.63) is 124 Å². The molecule has 4 aliphatic rings. The highest BCUT2D eigenvalue weighted by atomic mass is 32.2. The smallest absolute Gasteiger partial charge is 0.327 e. The van der Waals surface area contributed by atoms with Gasteiger partial charge in [0.25, 0.3) is 0 Å². The second-order valence-electron chi connectivity index (χ2n) is 14.6. The number of fused-ring (bicyclic) bond motifs is 2. The second kappa shape index (κ2) is 12.1. The van der Waals surface area contributed by atoms with Crippen LogP contribution in [-0.4, -0.2) is 66.2 Å². The fraction of sp³-hybridized carbons (Fsp3) is 0.333. The number of hydrogen-bond acceptors (Lipinski definition) is 5. The number of quaternary nitrogens is 1. The van der Waals surface area contributed by atoms with E-state index in [9.17, 15) is 9.90 Å². The summed E-state index contributed by atoms with van der Waals surface area (Å²) in [6.45, 7) is 10.7. The number of allylic oxidation sites excluding steroid dienone is 6. The van der Waals surface area contributed by atoms with Crippen molar-refractivity contribution in [2.75, 3.05) is 34.2 Å². The molecule has 1 aromatic heterocycles. The monoisotopic (exact) mass is 647 g/mol. The molecule has 2 aromatic rings. The first kappa shape index (κ1) is 32.7.